The summed E-state index contributed by atoms with van der Waals surface area (Å²) in [5.74, 6) is -0.301. The van der Waals surface area contributed by atoms with Gasteiger partial charge in [0, 0.05) is 12.6 Å². The first-order chi connectivity index (χ1) is 10.0. The number of hydrogen-bond donors (Lipinski definition) is 0. The number of nitro groups is 1. The van der Waals surface area contributed by atoms with E-state index >= 15 is 0 Å². The molecule has 1 saturated heterocycles. The molecular formula is C14H17ClN2O4. The zero-order valence-corrected chi connectivity index (χ0v) is 12.5. The van der Waals surface area contributed by atoms with Gasteiger partial charge in [-0.3, -0.25) is 19.8 Å². The van der Waals surface area contributed by atoms with Gasteiger partial charge in [0.2, 0.25) is 0 Å². The van der Waals surface area contributed by atoms with Crippen molar-refractivity contribution in [3.05, 3.63) is 38.9 Å². The Balaban J connectivity index is 2.27. The minimum absolute atomic E-state index is 0.0170. The number of carbonyl (C=O) groups is 1. The van der Waals surface area contributed by atoms with Gasteiger partial charge in [-0.1, -0.05) is 24.1 Å². The first kappa shape index (κ1) is 15.7. The molecule has 1 aliphatic heterocycles. The maximum absolute atomic E-state index is 11.8. The number of rotatable bonds is 4. The molecule has 6 nitrogen and oxygen atoms in total. The molecule has 21 heavy (non-hydrogen) atoms. The summed E-state index contributed by atoms with van der Waals surface area (Å²) in [4.78, 5) is 24.4. The quantitative estimate of drug-likeness (QED) is 0.485. The zero-order valence-electron chi connectivity index (χ0n) is 11.8. The summed E-state index contributed by atoms with van der Waals surface area (Å²) in [5.41, 5.74) is 0.427. The van der Waals surface area contributed by atoms with E-state index < -0.39 is 4.92 Å². The summed E-state index contributed by atoms with van der Waals surface area (Å²) < 4.78 is 4.82. The Hall–Kier alpha value is -1.66. The van der Waals surface area contributed by atoms with Gasteiger partial charge in [-0.15, -0.1) is 0 Å². The van der Waals surface area contributed by atoms with Crippen LogP contribution in [0.1, 0.15) is 24.8 Å². The summed E-state index contributed by atoms with van der Waals surface area (Å²) in [7, 11) is 1.35. The van der Waals surface area contributed by atoms with Gasteiger partial charge in [-0.2, -0.15) is 0 Å². The molecule has 0 N–H and O–H groups in total. The molecule has 0 radical (unpaired) electrons. The van der Waals surface area contributed by atoms with Crippen LogP contribution in [-0.2, 0) is 16.1 Å². The van der Waals surface area contributed by atoms with Crippen molar-refractivity contribution in [2.45, 2.75) is 31.8 Å². The van der Waals surface area contributed by atoms with Crippen LogP contribution in [0.2, 0.25) is 5.02 Å². The van der Waals surface area contributed by atoms with Crippen LogP contribution in [0.4, 0.5) is 5.69 Å². The summed E-state index contributed by atoms with van der Waals surface area (Å²) in [6.07, 6.45) is 2.59. The number of ether oxygens (including phenoxy) is 1. The molecule has 0 aliphatic carbocycles. The van der Waals surface area contributed by atoms with Crippen LogP contribution in [0.15, 0.2) is 18.2 Å². The molecule has 0 saturated carbocycles. The normalized spacial score (nSPS) is 19.2. The van der Waals surface area contributed by atoms with E-state index in [9.17, 15) is 14.9 Å². The van der Waals surface area contributed by atoms with Crippen LogP contribution in [0.3, 0.4) is 0 Å². The fraction of sp³-hybridized carbons (Fsp3) is 0.500. The van der Waals surface area contributed by atoms with Crippen molar-refractivity contribution in [3.63, 3.8) is 0 Å². The third-order valence-electron chi connectivity index (χ3n) is 3.74. The van der Waals surface area contributed by atoms with Crippen molar-refractivity contribution in [2.24, 2.45) is 0 Å². The molecule has 1 aliphatic rings. The largest absolute Gasteiger partial charge is 0.468 e. The number of esters is 1. The number of likely N-dealkylation sites (tertiary alicyclic amines) is 1. The highest BCUT2D eigenvalue weighted by Gasteiger charge is 2.31. The van der Waals surface area contributed by atoms with E-state index in [0.29, 0.717) is 23.6 Å². The molecule has 1 unspecified atom stereocenters. The van der Waals surface area contributed by atoms with Gasteiger partial charge in [0.15, 0.2) is 0 Å². The lowest BCUT2D eigenvalue weighted by atomic mass is 10.0. The predicted octanol–water partition coefficient (Wildman–Crippen LogP) is 2.78. The summed E-state index contributed by atoms with van der Waals surface area (Å²) in [5, 5.41) is 11.5. The standard InChI is InChI=1S/C14H17ClN2O4/c1-21-14(18)13-6-2-3-8-16(13)9-10-11(15)5-4-7-12(10)17(19)20/h4-5,7,13H,2-3,6,8-9H2,1H3. The summed E-state index contributed by atoms with van der Waals surface area (Å²) in [6.45, 7) is 0.970. The predicted molar refractivity (Wildman–Crippen MR) is 78.2 cm³/mol. The summed E-state index contributed by atoms with van der Waals surface area (Å²) >= 11 is 6.11. The van der Waals surface area contributed by atoms with Crippen molar-refractivity contribution < 1.29 is 14.5 Å². The maximum atomic E-state index is 11.8. The molecule has 1 aromatic rings. The van der Waals surface area contributed by atoms with Crippen LogP contribution in [0.25, 0.3) is 0 Å². The van der Waals surface area contributed by atoms with E-state index in [1.807, 2.05) is 4.90 Å². The van der Waals surface area contributed by atoms with E-state index in [-0.39, 0.29) is 24.2 Å². The van der Waals surface area contributed by atoms with Gasteiger partial charge in [0.05, 0.1) is 22.6 Å². The van der Waals surface area contributed by atoms with Gasteiger partial charge in [0.1, 0.15) is 6.04 Å². The molecule has 1 aromatic carbocycles. The van der Waals surface area contributed by atoms with Gasteiger partial charge in [0.25, 0.3) is 5.69 Å². The Bertz CT molecular complexity index is 550. The molecule has 0 aromatic heterocycles. The molecule has 1 heterocycles. The second-order valence-corrected chi connectivity index (χ2v) is 5.41. The fourth-order valence-corrected chi connectivity index (χ4v) is 2.89. The number of methoxy groups -OCH3 is 1. The van der Waals surface area contributed by atoms with Crippen molar-refractivity contribution >= 4 is 23.3 Å². The number of nitro benzene ring substituents is 1. The Morgan fingerprint density at radius 1 is 1.52 bits per heavy atom. The van der Waals surface area contributed by atoms with Crippen LogP contribution < -0.4 is 0 Å². The molecule has 114 valence electrons. The molecular weight excluding hydrogens is 296 g/mol. The van der Waals surface area contributed by atoms with Crippen LogP contribution in [0, 0.1) is 10.1 Å². The average molecular weight is 313 g/mol. The molecule has 0 amide bonds. The maximum Gasteiger partial charge on any atom is 0.323 e. The highest BCUT2D eigenvalue weighted by atomic mass is 35.5. The van der Waals surface area contributed by atoms with E-state index in [1.54, 1.807) is 12.1 Å². The fourth-order valence-electron chi connectivity index (χ4n) is 2.66. The Morgan fingerprint density at radius 2 is 2.29 bits per heavy atom. The molecule has 0 spiro atoms. The van der Waals surface area contributed by atoms with Crippen LogP contribution in [-0.4, -0.2) is 35.5 Å². The monoisotopic (exact) mass is 312 g/mol. The highest BCUT2D eigenvalue weighted by molar-refractivity contribution is 6.31. The number of halogens is 1. The summed E-state index contributed by atoms with van der Waals surface area (Å²) in [6, 6.07) is 4.25. The van der Waals surface area contributed by atoms with E-state index in [1.165, 1.54) is 13.2 Å². The van der Waals surface area contributed by atoms with Crippen molar-refractivity contribution in [1.82, 2.24) is 4.90 Å². The minimum Gasteiger partial charge on any atom is -0.468 e. The lowest BCUT2D eigenvalue weighted by molar-refractivity contribution is -0.385. The van der Waals surface area contributed by atoms with Gasteiger partial charge < -0.3 is 4.74 Å². The van der Waals surface area contributed by atoms with E-state index in [0.717, 1.165) is 12.8 Å². The van der Waals surface area contributed by atoms with Crippen molar-refractivity contribution in [2.75, 3.05) is 13.7 Å². The Morgan fingerprint density at radius 3 is 2.95 bits per heavy atom. The number of carbonyl (C=O) groups excluding carboxylic acids is 1. The zero-order chi connectivity index (χ0) is 15.4. The lowest BCUT2D eigenvalue weighted by Crippen LogP contribution is -2.44. The minimum atomic E-state index is -0.446. The molecule has 0 bridgehead atoms. The van der Waals surface area contributed by atoms with Gasteiger partial charge in [-0.25, -0.2) is 0 Å². The molecule has 2 rings (SSSR count). The smallest absolute Gasteiger partial charge is 0.323 e. The average Bonchev–Trinajstić information content (AvgIpc) is 2.48. The molecule has 1 atom stereocenters. The second-order valence-electron chi connectivity index (χ2n) is 5.00. The molecule has 7 heteroatoms. The number of piperidine rings is 1. The van der Waals surface area contributed by atoms with Crippen molar-refractivity contribution in [1.29, 1.82) is 0 Å². The van der Waals surface area contributed by atoms with Gasteiger partial charge in [-0.05, 0) is 25.5 Å². The highest BCUT2D eigenvalue weighted by Crippen LogP contribution is 2.30. The van der Waals surface area contributed by atoms with Crippen LogP contribution in [0.5, 0.6) is 0 Å². The first-order valence-electron chi connectivity index (χ1n) is 6.78. The SMILES string of the molecule is COC(=O)C1CCCCN1Cc1c(Cl)cccc1[N+](=O)[O-]. The molecule has 1 fully saturated rings. The third kappa shape index (κ3) is 3.51. The number of nitrogens with zero attached hydrogens (tertiary/aromatic N) is 2. The van der Waals surface area contributed by atoms with Crippen LogP contribution >= 0.6 is 11.6 Å². The first-order valence-corrected chi connectivity index (χ1v) is 7.16. The second kappa shape index (κ2) is 6.87. The van der Waals surface area contributed by atoms with E-state index in [2.05, 4.69) is 0 Å². The lowest BCUT2D eigenvalue weighted by Gasteiger charge is -2.33. The van der Waals surface area contributed by atoms with E-state index in [4.69, 9.17) is 16.3 Å². The van der Waals surface area contributed by atoms with Gasteiger partial charge >= 0.3 is 5.97 Å². The van der Waals surface area contributed by atoms with Crippen molar-refractivity contribution in [3.8, 4) is 0 Å². The topological polar surface area (TPSA) is 72.7 Å². The number of hydrogen-bond acceptors (Lipinski definition) is 5. The number of benzene rings is 1. The Labute approximate surface area is 127 Å². The third-order valence-corrected chi connectivity index (χ3v) is 4.09. The Kier molecular flexibility index (Phi) is 5.14.